The van der Waals surface area contributed by atoms with Crippen molar-refractivity contribution in [3.63, 3.8) is 0 Å². The number of carbonyl (C=O) groups excluding carboxylic acids is 1. The molecule has 6 nitrogen and oxygen atoms in total. The predicted octanol–water partition coefficient (Wildman–Crippen LogP) is 2.35. The Hall–Kier alpha value is -1.86. The Morgan fingerprint density at radius 2 is 1.96 bits per heavy atom. The molecule has 0 spiro atoms. The van der Waals surface area contributed by atoms with Gasteiger partial charge in [0.1, 0.15) is 0 Å². The maximum Gasteiger partial charge on any atom is 0.262 e. The van der Waals surface area contributed by atoms with Crippen LogP contribution in [0.2, 0.25) is 0 Å². The van der Waals surface area contributed by atoms with E-state index in [2.05, 4.69) is 15.2 Å². The fraction of sp³-hybridized carbons (Fsp3) is 0.526. The van der Waals surface area contributed by atoms with Crippen LogP contribution in [0.25, 0.3) is 10.9 Å². The summed E-state index contributed by atoms with van der Waals surface area (Å²) in [5.74, 6) is -0.0488. The van der Waals surface area contributed by atoms with Gasteiger partial charge >= 0.3 is 0 Å². The van der Waals surface area contributed by atoms with Crippen LogP contribution in [-0.4, -0.2) is 52.3 Å². The van der Waals surface area contributed by atoms with Gasteiger partial charge in [0.2, 0.25) is 5.91 Å². The summed E-state index contributed by atoms with van der Waals surface area (Å²) in [4.78, 5) is 32.0. The van der Waals surface area contributed by atoms with Crippen molar-refractivity contribution in [2.24, 2.45) is 0 Å². The number of aromatic nitrogens is 2. The van der Waals surface area contributed by atoms with Gasteiger partial charge in [0, 0.05) is 12.6 Å². The first-order valence-corrected chi connectivity index (χ1v) is 9.79. The van der Waals surface area contributed by atoms with Crippen LogP contribution in [0.1, 0.15) is 27.2 Å². The van der Waals surface area contributed by atoms with Gasteiger partial charge in [-0.15, -0.1) is 0 Å². The van der Waals surface area contributed by atoms with Gasteiger partial charge in [-0.05, 0) is 60.0 Å². The topological polar surface area (TPSA) is 67.2 Å². The van der Waals surface area contributed by atoms with Crippen LogP contribution in [0.4, 0.5) is 0 Å². The molecule has 0 fully saturated rings. The second-order valence-electron chi connectivity index (χ2n) is 6.95. The summed E-state index contributed by atoms with van der Waals surface area (Å²) in [5.41, 5.74) is 0.619. The molecule has 0 aliphatic rings. The Morgan fingerprint density at radius 1 is 1.27 bits per heavy atom. The van der Waals surface area contributed by atoms with E-state index in [-0.39, 0.29) is 22.8 Å². The molecule has 0 saturated carbocycles. The van der Waals surface area contributed by atoms with Crippen molar-refractivity contribution in [2.45, 2.75) is 50.2 Å². The molecule has 1 N–H and O–H groups in total. The minimum Gasteiger partial charge on any atom is -0.353 e. The number of hydrogen-bond acceptors (Lipinski definition) is 5. The Balaban J connectivity index is 2.35. The molecule has 0 saturated heterocycles. The molecule has 1 atom stereocenters. The van der Waals surface area contributed by atoms with Crippen LogP contribution < -0.4 is 10.9 Å². The lowest BCUT2D eigenvalue weighted by Crippen LogP contribution is -2.36. The van der Waals surface area contributed by atoms with Crippen molar-refractivity contribution in [1.29, 1.82) is 0 Å². The number of amides is 1. The Bertz CT molecular complexity index is 817. The summed E-state index contributed by atoms with van der Waals surface area (Å²) < 4.78 is 1.70. The molecule has 1 heterocycles. The second kappa shape index (κ2) is 9.19. The zero-order chi connectivity index (χ0) is 19.3. The molecule has 2 rings (SSSR count). The van der Waals surface area contributed by atoms with E-state index in [1.807, 2.05) is 53.1 Å². The molecule has 142 valence electrons. The van der Waals surface area contributed by atoms with Crippen molar-refractivity contribution >= 4 is 28.6 Å². The molecule has 7 heteroatoms. The van der Waals surface area contributed by atoms with Gasteiger partial charge in [0.05, 0.1) is 16.2 Å². The van der Waals surface area contributed by atoms with E-state index in [0.717, 1.165) is 13.0 Å². The van der Waals surface area contributed by atoms with Crippen LogP contribution in [0, 0.1) is 0 Å². The largest absolute Gasteiger partial charge is 0.353 e. The summed E-state index contributed by atoms with van der Waals surface area (Å²) in [7, 11) is 4.02. The maximum absolute atomic E-state index is 12.9. The van der Waals surface area contributed by atoms with E-state index in [1.165, 1.54) is 11.8 Å². The Labute approximate surface area is 159 Å². The van der Waals surface area contributed by atoms with E-state index >= 15 is 0 Å². The van der Waals surface area contributed by atoms with Crippen molar-refractivity contribution in [3.8, 4) is 0 Å². The van der Waals surface area contributed by atoms with Gasteiger partial charge in [0.15, 0.2) is 5.16 Å². The highest BCUT2D eigenvalue weighted by Crippen LogP contribution is 2.23. The van der Waals surface area contributed by atoms with Crippen molar-refractivity contribution < 1.29 is 4.79 Å². The molecule has 0 radical (unpaired) electrons. The third-order valence-electron chi connectivity index (χ3n) is 3.90. The Morgan fingerprint density at radius 3 is 2.62 bits per heavy atom. The van der Waals surface area contributed by atoms with E-state index in [4.69, 9.17) is 0 Å². The predicted molar refractivity (Wildman–Crippen MR) is 108 cm³/mol. The van der Waals surface area contributed by atoms with Gasteiger partial charge in [-0.3, -0.25) is 14.2 Å². The molecule has 1 aromatic heterocycles. The lowest BCUT2D eigenvalue weighted by Gasteiger charge is -2.18. The number of fused-ring (bicyclic) bond motifs is 1. The average molecular weight is 377 g/mol. The monoisotopic (exact) mass is 376 g/mol. The molecular formula is C19H28N4O2S. The fourth-order valence-electron chi connectivity index (χ4n) is 2.59. The molecule has 1 aromatic carbocycles. The number of nitrogens with zero attached hydrogens (tertiary/aromatic N) is 3. The van der Waals surface area contributed by atoms with Crippen LogP contribution in [-0.2, 0) is 11.3 Å². The van der Waals surface area contributed by atoms with Crippen molar-refractivity contribution in [3.05, 3.63) is 34.6 Å². The maximum atomic E-state index is 12.9. The average Bonchev–Trinajstić information content (AvgIpc) is 2.56. The first-order valence-electron chi connectivity index (χ1n) is 8.91. The summed E-state index contributed by atoms with van der Waals surface area (Å²) >= 11 is 1.33. The van der Waals surface area contributed by atoms with Gasteiger partial charge in [-0.1, -0.05) is 23.9 Å². The van der Waals surface area contributed by atoms with Gasteiger partial charge in [-0.2, -0.15) is 0 Å². The van der Waals surface area contributed by atoms with E-state index < -0.39 is 0 Å². The van der Waals surface area contributed by atoms with Crippen LogP contribution in [0.15, 0.2) is 34.2 Å². The number of para-hydroxylation sites is 1. The van der Waals surface area contributed by atoms with Crippen molar-refractivity contribution in [2.75, 3.05) is 20.6 Å². The van der Waals surface area contributed by atoms with Crippen molar-refractivity contribution in [1.82, 2.24) is 19.8 Å². The molecule has 0 bridgehead atoms. The number of benzene rings is 1. The van der Waals surface area contributed by atoms with E-state index in [1.54, 1.807) is 10.6 Å². The normalized spacial score (nSPS) is 12.7. The molecule has 0 aliphatic carbocycles. The van der Waals surface area contributed by atoms with Gasteiger partial charge in [0.25, 0.3) is 5.56 Å². The summed E-state index contributed by atoms with van der Waals surface area (Å²) in [6.07, 6.45) is 0.840. The third-order valence-corrected chi connectivity index (χ3v) is 4.99. The molecule has 2 aromatic rings. The lowest BCUT2D eigenvalue weighted by atomic mass is 10.2. The highest BCUT2D eigenvalue weighted by Gasteiger charge is 2.19. The van der Waals surface area contributed by atoms with Crippen LogP contribution >= 0.6 is 11.8 Å². The summed E-state index contributed by atoms with van der Waals surface area (Å²) in [5, 5.41) is 3.79. The van der Waals surface area contributed by atoms with Gasteiger partial charge in [-0.25, -0.2) is 4.98 Å². The first-order chi connectivity index (χ1) is 12.3. The Kier molecular flexibility index (Phi) is 7.23. The van der Waals surface area contributed by atoms with Crippen LogP contribution in [0.5, 0.6) is 0 Å². The zero-order valence-corrected chi connectivity index (χ0v) is 17.0. The lowest BCUT2D eigenvalue weighted by molar-refractivity contribution is -0.120. The number of carbonyl (C=O) groups is 1. The second-order valence-corrected chi connectivity index (χ2v) is 8.26. The zero-order valence-electron chi connectivity index (χ0n) is 16.2. The highest BCUT2D eigenvalue weighted by atomic mass is 32.2. The molecule has 0 aliphatic heterocycles. The smallest absolute Gasteiger partial charge is 0.262 e. The number of rotatable bonds is 8. The standard InChI is InChI=1S/C19H28N4O2S/c1-13(2)20-17(24)14(3)26-19-21-16-10-7-6-9-15(16)18(25)23(19)12-8-11-22(4)5/h6-7,9-10,13-14H,8,11-12H2,1-5H3,(H,20,24)/t14-/m0/s1. The molecular weight excluding hydrogens is 348 g/mol. The third kappa shape index (κ3) is 5.32. The minimum atomic E-state index is -0.328. The SMILES string of the molecule is CC(C)NC(=O)[C@H](C)Sc1nc2ccccc2c(=O)n1CCCN(C)C. The van der Waals surface area contributed by atoms with Gasteiger partial charge < -0.3 is 10.2 Å². The summed E-state index contributed by atoms with van der Waals surface area (Å²) in [6.45, 7) is 7.16. The first kappa shape index (κ1) is 20.5. The highest BCUT2D eigenvalue weighted by molar-refractivity contribution is 8.00. The minimum absolute atomic E-state index is 0.0478. The van der Waals surface area contributed by atoms with Crippen LogP contribution in [0.3, 0.4) is 0 Å². The number of thioether (sulfide) groups is 1. The van der Waals surface area contributed by atoms with E-state index in [0.29, 0.717) is 22.6 Å². The molecule has 0 unspecified atom stereocenters. The van der Waals surface area contributed by atoms with E-state index in [9.17, 15) is 9.59 Å². The number of nitrogens with one attached hydrogen (secondary N) is 1. The molecule has 1 amide bonds. The quantitative estimate of drug-likeness (QED) is 0.566. The summed E-state index contributed by atoms with van der Waals surface area (Å²) in [6, 6.07) is 7.44. The fourth-order valence-corrected chi connectivity index (χ4v) is 3.54. The molecule has 26 heavy (non-hydrogen) atoms. The number of hydrogen-bond donors (Lipinski definition) is 1.